The Labute approximate surface area is 215 Å². The molecule has 0 spiro atoms. The van der Waals surface area contributed by atoms with E-state index in [0.29, 0.717) is 5.75 Å². The van der Waals surface area contributed by atoms with E-state index in [1.807, 2.05) is 0 Å². The average Bonchev–Trinajstić information content (AvgIpc) is 2.87. The van der Waals surface area contributed by atoms with Gasteiger partial charge < -0.3 is 19.5 Å². The molecule has 1 N–H and O–H groups in total. The van der Waals surface area contributed by atoms with Crippen molar-refractivity contribution >= 4 is 11.4 Å². The van der Waals surface area contributed by atoms with Crippen LogP contribution in [0.25, 0.3) is 0 Å². The fourth-order valence-corrected chi connectivity index (χ4v) is 5.49. The Hall–Kier alpha value is -2.96. The van der Waals surface area contributed by atoms with Crippen LogP contribution in [0.4, 0.5) is 11.4 Å². The van der Waals surface area contributed by atoms with Gasteiger partial charge in [-0.1, -0.05) is 64.7 Å². The topological polar surface area (TPSA) is 85.1 Å². The first-order chi connectivity index (χ1) is 17.4. The van der Waals surface area contributed by atoms with Gasteiger partial charge in [0, 0.05) is 17.8 Å². The maximum Gasteiger partial charge on any atom is 0.312 e. The quantitative estimate of drug-likeness (QED) is 0.163. The lowest BCUT2D eigenvalue weighted by Gasteiger charge is -2.44. The Bertz CT molecular complexity index is 1010. The first-order valence-electron chi connectivity index (χ1n) is 13.4. The number of anilines is 1. The number of hydrogen-bond acceptors (Lipinski definition) is 6. The van der Waals surface area contributed by atoms with Crippen molar-refractivity contribution in [1.82, 2.24) is 0 Å². The molecule has 1 heterocycles. The monoisotopic (exact) mass is 498 g/mol. The number of benzene rings is 2. The normalized spacial score (nSPS) is 17.1. The number of rotatable bonds is 14. The van der Waals surface area contributed by atoms with Crippen LogP contribution in [0.3, 0.4) is 0 Å². The number of fused-ring (bicyclic) bond motifs is 1. The number of nitrogens with zero attached hydrogens (tertiary/aromatic N) is 2. The van der Waals surface area contributed by atoms with Gasteiger partial charge in [-0.05, 0) is 55.2 Å². The van der Waals surface area contributed by atoms with Gasteiger partial charge in [-0.3, -0.25) is 10.1 Å². The van der Waals surface area contributed by atoms with Crippen molar-refractivity contribution in [2.24, 2.45) is 0 Å². The predicted octanol–water partition coefficient (Wildman–Crippen LogP) is 7.73. The molecule has 0 fully saturated rings. The summed E-state index contributed by atoms with van der Waals surface area (Å²) in [5.41, 5.74) is 2.90. The lowest BCUT2D eigenvalue weighted by molar-refractivity contribution is -0.385. The second-order valence-corrected chi connectivity index (χ2v) is 9.93. The number of unbranched alkanes of at least 4 members (excludes halogenated alkanes) is 8. The minimum absolute atomic E-state index is 0.0530. The minimum atomic E-state index is -0.523. The van der Waals surface area contributed by atoms with Gasteiger partial charge in [-0.15, -0.1) is 0 Å². The number of aromatic hydroxyl groups is 1. The summed E-state index contributed by atoms with van der Waals surface area (Å²) in [4.78, 5) is 13.3. The zero-order valence-corrected chi connectivity index (χ0v) is 22.3. The van der Waals surface area contributed by atoms with E-state index < -0.39 is 4.92 Å². The molecule has 0 aromatic heterocycles. The van der Waals surface area contributed by atoms with Crippen molar-refractivity contribution in [3.63, 3.8) is 0 Å². The maximum atomic E-state index is 11.5. The van der Waals surface area contributed by atoms with Crippen LogP contribution >= 0.6 is 0 Å². The van der Waals surface area contributed by atoms with Crippen LogP contribution in [-0.2, 0) is 6.42 Å². The number of ether oxygens (including phenoxy) is 2. The summed E-state index contributed by atoms with van der Waals surface area (Å²) in [6, 6.07) is 9.04. The molecule has 7 nitrogen and oxygen atoms in total. The third kappa shape index (κ3) is 6.62. The lowest BCUT2D eigenvalue weighted by Crippen LogP contribution is -2.42. The first kappa shape index (κ1) is 27.6. The molecule has 0 saturated carbocycles. The highest BCUT2D eigenvalue weighted by Gasteiger charge is 2.34. The van der Waals surface area contributed by atoms with Crippen molar-refractivity contribution in [2.45, 2.75) is 96.6 Å². The molecule has 0 aliphatic carbocycles. The second-order valence-electron chi connectivity index (χ2n) is 9.93. The summed E-state index contributed by atoms with van der Waals surface area (Å²) in [7, 11) is 3.30. The molecule has 198 valence electrons. The Morgan fingerprint density at radius 1 is 0.972 bits per heavy atom. The third-order valence-electron chi connectivity index (χ3n) is 7.37. The van der Waals surface area contributed by atoms with Gasteiger partial charge in [-0.2, -0.15) is 0 Å². The highest BCUT2D eigenvalue weighted by Crippen LogP contribution is 2.45. The van der Waals surface area contributed by atoms with Crippen LogP contribution in [-0.4, -0.2) is 30.3 Å². The van der Waals surface area contributed by atoms with Crippen LogP contribution in [0.2, 0.25) is 0 Å². The summed E-state index contributed by atoms with van der Waals surface area (Å²) in [6.07, 6.45) is 13.1. The van der Waals surface area contributed by atoms with E-state index in [-0.39, 0.29) is 23.5 Å². The summed E-state index contributed by atoms with van der Waals surface area (Å²) >= 11 is 0. The Morgan fingerprint density at radius 3 is 2.19 bits per heavy atom. The number of nitro benzene ring substituents is 1. The number of hydrogen-bond donors (Lipinski definition) is 1. The molecule has 0 saturated heterocycles. The van der Waals surface area contributed by atoms with Crippen molar-refractivity contribution in [3.8, 4) is 17.2 Å². The molecule has 2 aromatic rings. The van der Waals surface area contributed by atoms with Gasteiger partial charge in [0.2, 0.25) is 0 Å². The Balaban J connectivity index is 1.83. The molecule has 7 heteroatoms. The standard InChI is InChI=1S/C29H42N2O5/c1-5-6-7-8-9-10-11-12-13-14-25-24-20-29(36-4)28(35-3)18-22(24)17-21(2)30(25)23-15-16-27(32)26(19-23)31(33)34/h15-16,18-21,25,32H,5-14,17H2,1-4H3. The zero-order chi connectivity index (χ0) is 26.1. The van der Waals surface area contributed by atoms with Crippen LogP contribution in [0.5, 0.6) is 17.2 Å². The summed E-state index contributed by atoms with van der Waals surface area (Å²) in [6.45, 7) is 4.40. The molecule has 0 bridgehead atoms. The number of methoxy groups -OCH3 is 2. The molecule has 0 amide bonds. The fraction of sp³-hybridized carbons (Fsp3) is 0.586. The van der Waals surface area contributed by atoms with Gasteiger partial charge >= 0.3 is 5.69 Å². The summed E-state index contributed by atoms with van der Waals surface area (Å²) < 4.78 is 11.2. The smallest absolute Gasteiger partial charge is 0.312 e. The van der Waals surface area contributed by atoms with E-state index in [0.717, 1.165) is 30.7 Å². The van der Waals surface area contributed by atoms with E-state index >= 15 is 0 Å². The van der Waals surface area contributed by atoms with Gasteiger partial charge in [-0.25, -0.2) is 0 Å². The lowest BCUT2D eigenvalue weighted by atomic mass is 9.85. The molecule has 1 aliphatic rings. The SMILES string of the molecule is CCCCCCCCCCCC1c2cc(OC)c(OC)cc2CC(C)N1c1ccc(O)c([N+](=O)[O-])c1. The maximum absolute atomic E-state index is 11.5. The van der Waals surface area contributed by atoms with Crippen LogP contribution < -0.4 is 14.4 Å². The molecule has 3 rings (SSSR count). The van der Waals surface area contributed by atoms with Crippen molar-refractivity contribution < 1.29 is 19.5 Å². The molecule has 1 aliphatic heterocycles. The van der Waals surface area contributed by atoms with Gasteiger partial charge in [0.15, 0.2) is 17.2 Å². The Kier molecular flexibility index (Phi) is 10.3. The molecular formula is C29H42N2O5. The van der Waals surface area contributed by atoms with E-state index in [9.17, 15) is 15.2 Å². The van der Waals surface area contributed by atoms with Gasteiger partial charge in [0.1, 0.15) is 0 Å². The Morgan fingerprint density at radius 2 is 1.58 bits per heavy atom. The highest BCUT2D eigenvalue weighted by atomic mass is 16.6. The van der Waals surface area contributed by atoms with Crippen LogP contribution in [0.1, 0.15) is 95.2 Å². The number of phenols is 1. The molecule has 2 unspecified atom stereocenters. The third-order valence-corrected chi connectivity index (χ3v) is 7.37. The van der Waals surface area contributed by atoms with Gasteiger partial charge in [0.25, 0.3) is 0 Å². The minimum Gasteiger partial charge on any atom is -0.502 e. The van der Waals surface area contributed by atoms with E-state index in [2.05, 4.69) is 30.9 Å². The molecule has 2 aromatic carbocycles. The highest BCUT2D eigenvalue weighted by molar-refractivity contribution is 5.63. The van der Waals surface area contributed by atoms with Gasteiger partial charge in [0.05, 0.1) is 25.2 Å². The molecule has 2 atom stereocenters. The first-order valence-corrected chi connectivity index (χ1v) is 13.4. The fourth-order valence-electron chi connectivity index (χ4n) is 5.49. The van der Waals surface area contributed by atoms with Crippen molar-refractivity contribution in [2.75, 3.05) is 19.1 Å². The van der Waals surface area contributed by atoms with E-state index in [1.165, 1.54) is 74.6 Å². The van der Waals surface area contributed by atoms with Crippen molar-refractivity contribution in [3.05, 3.63) is 51.6 Å². The largest absolute Gasteiger partial charge is 0.502 e. The zero-order valence-electron chi connectivity index (χ0n) is 22.3. The average molecular weight is 499 g/mol. The predicted molar refractivity (Wildman–Crippen MR) is 145 cm³/mol. The number of phenolic OH excluding ortho intramolecular Hbond substituents is 1. The summed E-state index contributed by atoms with van der Waals surface area (Å²) in [5.74, 6) is 1.11. The van der Waals surface area contributed by atoms with E-state index in [4.69, 9.17) is 9.47 Å². The molecule has 0 radical (unpaired) electrons. The number of nitro groups is 1. The van der Waals surface area contributed by atoms with Crippen LogP contribution in [0.15, 0.2) is 30.3 Å². The van der Waals surface area contributed by atoms with Crippen LogP contribution in [0, 0.1) is 10.1 Å². The molecular weight excluding hydrogens is 456 g/mol. The van der Waals surface area contributed by atoms with Crippen molar-refractivity contribution in [1.29, 1.82) is 0 Å². The molecule has 36 heavy (non-hydrogen) atoms. The second kappa shape index (κ2) is 13.4. The summed E-state index contributed by atoms with van der Waals surface area (Å²) in [5, 5.41) is 21.5. The van der Waals surface area contributed by atoms with E-state index in [1.54, 1.807) is 20.3 Å².